The van der Waals surface area contributed by atoms with Crippen molar-refractivity contribution in [1.29, 1.82) is 0 Å². The zero-order valence-corrected chi connectivity index (χ0v) is 13.6. The minimum absolute atomic E-state index is 0.0666. The van der Waals surface area contributed by atoms with E-state index in [1.165, 1.54) is 18.3 Å². The number of hydrogen-bond acceptors (Lipinski definition) is 6. The Kier molecular flexibility index (Phi) is 7.49. The van der Waals surface area contributed by atoms with E-state index in [0.29, 0.717) is 5.69 Å². The van der Waals surface area contributed by atoms with Crippen molar-refractivity contribution in [2.45, 2.75) is 11.8 Å². The Labute approximate surface area is 139 Å². The number of nitrogens with zero attached hydrogens (tertiary/aromatic N) is 3. The molecule has 0 amide bonds. The number of aromatic nitrogens is 1. The van der Waals surface area contributed by atoms with E-state index in [4.69, 9.17) is 15.5 Å². The molecule has 0 aliphatic heterocycles. The second-order valence-electron chi connectivity index (χ2n) is 4.38. The van der Waals surface area contributed by atoms with Gasteiger partial charge in [-0.25, -0.2) is 5.48 Å². The van der Waals surface area contributed by atoms with Crippen LogP contribution in [0.5, 0.6) is 0 Å². The summed E-state index contributed by atoms with van der Waals surface area (Å²) in [5.74, 6) is -0.174. The van der Waals surface area contributed by atoms with Crippen LogP contribution in [0.1, 0.15) is 11.3 Å². The van der Waals surface area contributed by atoms with Crippen molar-refractivity contribution < 1.29 is 18.2 Å². The molecule has 0 bridgehead atoms. The van der Waals surface area contributed by atoms with Crippen LogP contribution in [0, 0.1) is 6.92 Å². The molecule has 2 aromatic rings. The molecule has 2 rings (SSSR count). The van der Waals surface area contributed by atoms with Crippen LogP contribution >= 0.6 is 0 Å². The summed E-state index contributed by atoms with van der Waals surface area (Å²) in [5, 5.41) is 15.2. The first-order chi connectivity index (χ1) is 11.3. The number of guanidine groups is 1. The Hall–Kier alpha value is -2.82. The highest BCUT2D eigenvalue weighted by Crippen LogP contribution is 2.08. The van der Waals surface area contributed by atoms with Gasteiger partial charge in [-0.15, -0.1) is 5.10 Å². The molecule has 0 aliphatic carbocycles. The molecule has 9 nitrogen and oxygen atoms in total. The normalized spacial score (nSPS) is 11.7. The Morgan fingerprint density at radius 2 is 1.92 bits per heavy atom. The van der Waals surface area contributed by atoms with Crippen LogP contribution < -0.4 is 11.2 Å². The molecule has 0 unspecified atom stereocenters. The number of hydrogen-bond donors (Lipinski definition) is 4. The van der Waals surface area contributed by atoms with Crippen LogP contribution in [-0.4, -0.2) is 35.3 Å². The van der Waals surface area contributed by atoms with E-state index in [2.05, 4.69) is 15.2 Å². The smallest absolute Gasteiger partial charge is 0.294 e. The predicted molar refractivity (Wildman–Crippen MR) is 89.4 cm³/mol. The summed E-state index contributed by atoms with van der Waals surface area (Å²) in [6.45, 7) is 1.84. The maximum Gasteiger partial charge on any atom is 0.294 e. The average Bonchev–Trinajstić information content (AvgIpc) is 2.56. The number of nitrogens with one attached hydrogen (secondary N) is 1. The first-order valence-electron chi connectivity index (χ1n) is 6.54. The third-order valence-corrected chi connectivity index (χ3v) is 3.34. The number of nitrogens with two attached hydrogens (primary N) is 1. The monoisotopic (exact) mass is 351 g/mol. The molecule has 1 aromatic carbocycles. The fourth-order valence-electron chi connectivity index (χ4n) is 1.34. The van der Waals surface area contributed by atoms with Crippen molar-refractivity contribution in [3.63, 3.8) is 0 Å². The maximum absolute atomic E-state index is 10.5. The van der Waals surface area contributed by atoms with Crippen LogP contribution in [0.4, 0.5) is 0 Å². The highest BCUT2D eigenvalue weighted by Gasteiger charge is 2.06. The lowest BCUT2D eigenvalue weighted by Gasteiger charge is -1.95. The fourth-order valence-corrected chi connectivity index (χ4v) is 1.82. The van der Waals surface area contributed by atoms with Gasteiger partial charge in [-0.2, -0.15) is 13.5 Å². The van der Waals surface area contributed by atoms with Gasteiger partial charge in [0.15, 0.2) is 0 Å². The quantitative estimate of drug-likeness (QED) is 0.278. The van der Waals surface area contributed by atoms with E-state index in [1.54, 1.807) is 35.9 Å². The lowest BCUT2D eigenvalue weighted by molar-refractivity contribution is 0.232. The van der Waals surface area contributed by atoms with Gasteiger partial charge < -0.3 is 5.73 Å². The summed E-state index contributed by atoms with van der Waals surface area (Å²) >= 11 is 0. The van der Waals surface area contributed by atoms with E-state index in [9.17, 15) is 8.42 Å². The second-order valence-corrected chi connectivity index (χ2v) is 5.81. The van der Waals surface area contributed by atoms with Gasteiger partial charge in [0.05, 0.1) is 16.8 Å². The van der Waals surface area contributed by atoms with Crippen LogP contribution in [-0.2, 0) is 10.1 Å². The first-order valence-corrected chi connectivity index (χ1v) is 7.98. The number of benzene rings is 1. The highest BCUT2D eigenvalue weighted by molar-refractivity contribution is 7.85. The molecule has 0 radical (unpaired) electrons. The summed E-state index contributed by atoms with van der Waals surface area (Å²) in [7, 11) is -4.02. The topological polar surface area (TPSA) is 150 Å². The molecule has 0 saturated heterocycles. The van der Waals surface area contributed by atoms with E-state index in [-0.39, 0.29) is 10.9 Å². The summed E-state index contributed by atoms with van der Waals surface area (Å²) in [5.41, 5.74) is 8.36. The minimum atomic E-state index is -4.02. The van der Waals surface area contributed by atoms with Crippen LogP contribution in [0.25, 0.3) is 0 Å². The highest BCUT2D eigenvalue weighted by atomic mass is 32.2. The summed E-state index contributed by atoms with van der Waals surface area (Å²) < 4.78 is 29.6. The molecule has 0 spiro atoms. The van der Waals surface area contributed by atoms with Crippen LogP contribution in [0.2, 0.25) is 0 Å². The lowest BCUT2D eigenvalue weighted by Crippen LogP contribution is -2.27. The van der Waals surface area contributed by atoms with E-state index >= 15 is 0 Å². The maximum atomic E-state index is 10.5. The van der Waals surface area contributed by atoms with Gasteiger partial charge >= 0.3 is 0 Å². The molecule has 5 N–H and O–H groups in total. The van der Waals surface area contributed by atoms with Crippen LogP contribution in [0.15, 0.2) is 63.8 Å². The number of hydroxylamine groups is 1. The minimum Gasteiger partial charge on any atom is -0.367 e. The average molecular weight is 351 g/mol. The van der Waals surface area contributed by atoms with Gasteiger partial charge in [0.1, 0.15) is 0 Å². The molecule has 24 heavy (non-hydrogen) atoms. The third-order valence-electron chi connectivity index (χ3n) is 2.48. The summed E-state index contributed by atoms with van der Waals surface area (Å²) in [6, 6.07) is 11.4. The zero-order valence-electron chi connectivity index (χ0n) is 12.7. The first kappa shape index (κ1) is 19.2. The van der Waals surface area contributed by atoms with Crippen molar-refractivity contribution in [2.24, 2.45) is 15.9 Å². The zero-order chi connectivity index (χ0) is 18.0. The van der Waals surface area contributed by atoms with Gasteiger partial charge in [-0.05, 0) is 31.2 Å². The van der Waals surface area contributed by atoms with Gasteiger partial charge in [0, 0.05) is 6.20 Å². The van der Waals surface area contributed by atoms with E-state index in [0.717, 1.165) is 5.56 Å². The fraction of sp³-hybridized carbons (Fsp3) is 0.0714. The molecule has 1 heterocycles. The Balaban J connectivity index is 0.000000243. The molecule has 0 aliphatic rings. The summed E-state index contributed by atoms with van der Waals surface area (Å²) in [4.78, 5) is 3.89. The van der Waals surface area contributed by atoms with E-state index < -0.39 is 10.1 Å². The molecule has 0 fully saturated rings. The van der Waals surface area contributed by atoms with E-state index in [1.807, 2.05) is 13.0 Å². The predicted octanol–water partition coefficient (Wildman–Crippen LogP) is 0.951. The van der Waals surface area contributed by atoms with Gasteiger partial charge in [-0.1, -0.05) is 23.8 Å². The number of aryl methyl sites for hydroxylation is 1. The van der Waals surface area contributed by atoms with Crippen molar-refractivity contribution in [3.05, 3.63) is 59.9 Å². The van der Waals surface area contributed by atoms with Crippen LogP contribution in [0.3, 0.4) is 0 Å². The SMILES string of the molecule is Cc1ccc(S(=O)(=O)O)cc1.NC(=N/N=C/c1ccccn1)NO. The largest absolute Gasteiger partial charge is 0.367 e. The van der Waals surface area contributed by atoms with Crippen molar-refractivity contribution in [2.75, 3.05) is 0 Å². The molecule has 10 heteroatoms. The second kappa shape index (κ2) is 9.35. The molecular weight excluding hydrogens is 334 g/mol. The lowest BCUT2D eigenvalue weighted by atomic mass is 10.2. The van der Waals surface area contributed by atoms with Crippen molar-refractivity contribution in [1.82, 2.24) is 10.5 Å². The van der Waals surface area contributed by atoms with Gasteiger partial charge in [-0.3, -0.25) is 14.7 Å². The standard InChI is InChI=1S/C7H9N5O.C7H8O3S/c8-7(12-13)11-10-5-6-3-1-2-4-9-6;1-6-2-4-7(5-3-6)11(8,9)10/h1-5,13H,(H3,8,11,12);2-5H,1H3,(H,8,9,10)/b10-5+;. The Morgan fingerprint density at radius 3 is 2.42 bits per heavy atom. The molecule has 0 atom stereocenters. The van der Waals surface area contributed by atoms with Gasteiger partial charge in [0.2, 0.25) is 5.96 Å². The summed E-state index contributed by atoms with van der Waals surface area (Å²) in [6.07, 6.45) is 3.06. The Bertz CT molecular complexity index is 790. The number of rotatable bonds is 3. The van der Waals surface area contributed by atoms with Crippen molar-refractivity contribution >= 4 is 22.3 Å². The Morgan fingerprint density at radius 1 is 1.25 bits per heavy atom. The number of pyridine rings is 1. The molecule has 0 saturated carbocycles. The molecule has 128 valence electrons. The molecule has 1 aromatic heterocycles. The van der Waals surface area contributed by atoms with Crippen molar-refractivity contribution in [3.8, 4) is 0 Å². The van der Waals surface area contributed by atoms with Gasteiger partial charge in [0.25, 0.3) is 10.1 Å². The third kappa shape index (κ3) is 7.45. The molecular formula is C14H17N5O4S.